The van der Waals surface area contributed by atoms with Crippen LogP contribution in [0.2, 0.25) is 0 Å². The first-order valence-corrected chi connectivity index (χ1v) is 19.7. The number of aromatic nitrogens is 2. The predicted octanol–water partition coefficient (Wildman–Crippen LogP) is 14.1. The Morgan fingerprint density at radius 3 is 1.77 bits per heavy atom. The van der Waals surface area contributed by atoms with E-state index in [1.165, 1.54) is 71.8 Å². The van der Waals surface area contributed by atoms with E-state index in [2.05, 4.69) is 198 Å². The summed E-state index contributed by atoms with van der Waals surface area (Å²) in [7, 11) is 0. The molecule has 0 amide bonds. The molecular weight excluding hydrogens is 677 g/mol. The van der Waals surface area contributed by atoms with Crippen molar-refractivity contribution in [3.05, 3.63) is 192 Å². The third-order valence-corrected chi connectivity index (χ3v) is 12.7. The molecule has 0 atom stereocenters. The Bertz CT molecular complexity index is 3080. The minimum atomic E-state index is -0.173. The number of nitrogens with zero attached hydrogens (tertiary/aromatic N) is 2. The van der Waals surface area contributed by atoms with Crippen LogP contribution in [0, 0.1) is 0 Å². The second-order valence-corrected chi connectivity index (χ2v) is 16.5. The van der Waals surface area contributed by atoms with Crippen molar-refractivity contribution < 1.29 is 0 Å². The third-order valence-electron chi connectivity index (χ3n) is 12.7. The summed E-state index contributed by atoms with van der Waals surface area (Å²) in [6, 6.07) is 62.0. The van der Waals surface area contributed by atoms with Crippen LogP contribution in [0.5, 0.6) is 0 Å². The Labute approximate surface area is 328 Å². The van der Waals surface area contributed by atoms with Gasteiger partial charge in [0.1, 0.15) is 0 Å². The van der Waals surface area contributed by atoms with Gasteiger partial charge in [-0.05, 0) is 95.4 Å². The lowest BCUT2D eigenvalue weighted by atomic mass is 9.79. The van der Waals surface area contributed by atoms with Crippen LogP contribution in [0.25, 0.3) is 88.8 Å². The lowest BCUT2D eigenvalue weighted by molar-refractivity contribution is 0.662. The number of fused-ring (bicyclic) bond motifs is 9. The van der Waals surface area contributed by atoms with E-state index in [1.807, 2.05) is 0 Å². The van der Waals surface area contributed by atoms with Gasteiger partial charge in [-0.3, -0.25) is 0 Å². The summed E-state index contributed by atoms with van der Waals surface area (Å²) in [5.41, 5.74) is 18.0. The van der Waals surface area contributed by atoms with Crippen molar-refractivity contribution >= 4 is 21.5 Å². The smallest absolute Gasteiger partial charge is 0.161 e. The highest BCUT2D eigenvalue weighted by Gasteiger charge is 2.38. The van der Waals surface area contributed by atoms with Crippen LogP contribution in [0.3, 0.4) is 0 Å². The summed E-state index contributed by atoms with van der Waals surface area (Å²) >= 11 is 0. The van der Waals surface area contributed by atoms with Gasteiger partial charge in [0, 0.05) is 27.5 Å². The fourth-order valence-electron chi connectivity index (χ4n) is 10.1. The van der Waals surface area contributed by atoms with Gasteiger partial charge in [0.05, 0.1) is 11.4 Å². The molecule has 0 fully saturated rings. The minimum absolute atomic E-state index is 0.0916. The summed E-state index contributed by atoms with van der Waals surface area (Å²) < 4.78 is 0. The summed E-state index contributed by atoms with van der Waals surface area (Å²) in [5, 5.41) is 4.96. The average Bonchev–Trinajstić information content (AvgIpc) is 3.63. The molecule has 0 saturated heterocycles. The molecule has 2 heteroatoms. The van der Waals surface area contributed by atoms with Gasteiger partial charge in [0.15, 0.2) is 5.82 Å². The SMILES string of the molecule is CC1(C)c2ccccc2-c2cccc(-c3cc(-c4ccccc4)nc(-c4ccc(-c5ccc6c(c5)-c5ccc7ccccc7c5C6(C)C)c5ccccc45)n3)c21. The van der Waals surface area contributed by atoms with Gasteiger partial charge < -0.3 is 0 Å². The Balaban J connectivity index is 1.09. The monoisotopic (exact) mass is 716 g/mol. The van der Waals surface area contributed by atoms with E-state index in [0.717, 1.165) is 39.3 Å². The van der Waals surface area contributed by atoms with Crippen molar-refractivity contribution in [2.24, 2.45) is 0 Å². The van der Waals surface area contributed by atoms with Gasteiger partial charge in [-0.1, -0.05) is 179 Å². The van der Waals surface area contributed by atoms with E-state index in [0.29, 0.717) is 0 Å². The molecule has 1 aromatic heterocycles. The fourth-order valence-corrected chi connectivity index (χ4v) is 10.1. The van der Waals surface area contributed by atoms with Gasteiger partial charge in [-0.2, -0.15) is 0 Å². The van der Waals surface area contributed by atoms with Crippen LogP contribution >= 0.6 is 0 Å². The first kappa shape index (κ1) is 32.8. The zero-order chi connectivity index (χ0) is 37.8. The van der Waals surface area contributed by atoms with E-state index in [4.69, 9.17) is 9.97 Å². The molecule has 0 bridgehead atoms. The highest BCUT2D eigenvalue weighted by atomic mass is 14.9. The van der Waals surface area contributed by atoms with E-state index in [1.54, 1.807) is 0 Å². The second kappa shape index (κ2) is 11.9. The van der Waals surface area contributed by atoms with Gasteiger partial charge in [0.2, 0.25) is 0 Å². The molecule has 2 aliphatic carbocycles. The molecule has 2 nitrogen and oxygen atoms in total. The first-order chi connectivity index (χ1) is 27.3. The zero-order valence-electron chi connectivity index (χ0n) is 32.1. The summed E-state index contributed by atoms with van der Waals surface area (Å²) in [5.74, 6) is 0.728. The molecule has 11 rings (SSSR count). The van der Waals surface area contributed by atoms with E-state index in [-0.39, 0.29) is 10.8 Å². The van der Waals surface area contributed by atoms with Crippen LogP contribution in [0.1, 0.15) is 49.9 Å². The van der Waals surface area contributed by atoms with Gasteiger partial charge in [0.25, 0.3) is 0 Å². The van der Waals surface area contributed by atoms with Crippen molar-refractivity contribution in [1.29, 1.82) is 0 Å². The topological polar surface area (TPSA) is 25.8 Å². The van der Waals surface area contributed by atoms with Crippen molar-refractivity contribution in [1.82, 2.24) is 9.97 Å². The number of hydrogen-bond acceptors (Lipinski definition) is 2. The first-order valence-electron chi connectivity index (χ1n) is 19.7. The van der Waals surface area contributed by atoms with E-state index in [9.17, 15) is 0 Å². The molecule has 0 unspecified atom stereocenters. The highest BCUT2D eigenvalue weighted by Crippen LogP contribution is 2.54. The van der Waals surface area contributed by atoms with Crippen molar-refractivity contribution in [3.63, 3.8) is 0 Å². The number of benzene rings is 8. The summed E-state index contributed by atoms with van der Waals surface area (Å²) in [6.07, 6.45) is 0. The molecule has 266 valence electrons. The maximum Gasteiger partial charge on any atom is 0.161 e. The normalized spacial score (nSPS) is 14.4. The average molecular weight is 717 g/mol. The lowest BCUT2D eigenvalue weighted by Crippen LogP contribution is -2.16. The zero-order valence-corrected chi connectivity index (χ0v) is 32.1. The van der Waals surface area contributed by atoms with E-state index < -0.39 is 0 Å². The third kappa shape index (κ3) is 4.69. The molecule has 0 saturated carbocycles. The van der Waals surface area contributed by atoms with Crippen LogP contribution in [0.4, 0.5) is 0 Å². The maximum atomic E-state index is 5.46. The molecule has 0 radical (unpaired) electrons. The molecule has 0 N–H and O–H groups in total. The molecule has 1 heterocycles. The van der Waals surface area contributed by atoms with Crippen LogP contribution in [-0.2, 0) is 10.8 Å². The quantitative estimate of drug-likeness (QED) is 0.181. The summed E-state index contributed by atoms with van der Waals surface area (Å²) in [4.78, 5) is 10.8. The second-order valence-electron chi connectivity index (χ2n) is 16.5. The Morgan fingerprint density at radius 1 is 0.339 bits per heavy atom. The molecule has 0 spiro atoms. The molecule has 8 aromatic carbocycles. The molecule has 0 aliphatic heterocycles. The minimum Gasteiger partial charge on any atom is -0.228 e. The van der Waals surface area contributed by atoms with Gasteiger partial charge in [-0.15, -0.1) is 0 Å². The molecule has 2 aliphatic rings. The summed E-state index contributed by atoms with van der Waals surface area (Å²) in [6.45, 7) is 9.42. The number of hydrogen-bond donors (Lipinski definition) is 0. The van der Waals surface area contributed by atoms with Gasteiger partial charge >= 0.3 is 0 Å². The maximum absolute atomic E-state index is 5.46. The molecular formula is C54H40N2. The van der Waals surface area contributed by atoms with Gasteiger partial charge in [-0.25, -0.2) is 9.97 Å². The predicted molar refractivity (Wildman–Crippen MR) is 234 cm³/mol. The van der Waals surface area contributed by atoms with Crippen LogP contribution in [0.15, 0.2) is 170 Å². The standard InChI is InChI=1S/C54H40N2/c1-53(2)46-24-13-12-21-40(46)41-22-14-23-44(51(41)53)49-32-48(34-16-6-5-7-17-34)55-52(56-49)43-29-28-36(38-19-10-11-20-39(38)43)35-26-30-47-45(31-35)42-27-25-33-15-8-9-18-37(33)50(42)54(47,3)4/h5-32H,1-4H3. The Morgan fingerprint density at radius 2 is 0.929 bits per heavy atom. The van der Waals surface area contributed by atoms with E-state index >= 15 is 0 Å². The van der Waals surface area contributed by atoms with Crippen molar-refractivity contribution in [2.75, 3.05) is 0 Å². The lowest BCUT2D eigenvalue weighted by Gasteiger charge is -2.24. The highest BCUT2D eigenvalue weighted by molar-refractivity contribution is 6.05. The number of rotatable bonds is 4. The molecule has 56 heavy (non-hydrogen) atoms. The Hall–Kier alpha value is -6.64. The van der Waals surface area contributed by atoms with Crippen LogP contribution in [-0.4, -0.2) is 9.97 Å². The fraction of sp³-hybridized carbons (Fsp3) is 0.111. The molecule has 9 aromatic rings. The van der Waals surface area contributed by atoms with Crippen molar-refractivity contribution in [2.45, 2.75) is 38.5 Å². The van der Waals surface area contributed by atoms with Crippen molar-refractivity contribution in [3.8, 4) is 67.3 Å². The Kier molecular flexibility index (Phi) is 6.98. The van der Waals surface area contributed by atoms with Crippen LogP contribution < -0.4 is 0 Å². The largest absolute Gasteiger partial charge is 0.228 e.